The summed E-state index contributed by atoms with van der Waals surface area (Å²) in [5.41, 5.74) is 3.66. The summed E-state index contributed by atoms with van der Waals surface area (Å²) in [4.78, 5) is 12.3. The van der Waals surface area contributed by atoms with Crippen LogP contribution in [0.15, 0.2) is 103 Å². The van der Waals surface area contributed by atoms with Crippen molar-refractivity contribution in [1.29, 1.82) is 0 Å². The van der Waals surface area contributed by atoms with Crippen LogP contribution in [0.25, 0.3) is 0 Å². The number of carbonyl (C=O) groups excluding carboxylic acids is 1. The van der Waals surface area contributed by atoms with Crippen molar-refractivity contribution in [2.24, 2.45) is 0 Å². The predicted molar refractivity (Wildman–Crippen MR) is 115 cm³/mol. The molecule has 4 heteroatoms. The van der Waals surface area contributed by atoms with Crippen molar-refractivity contribution in [3.63, 3.8) is 0 Å². The van der Waals surface area contributed by atoms with Crippen LogP contribution in [0, 0.1) is 0 Å². The molecule has 0 aliphatic heterocycles. The Balaban J connectivity index is 1.86. The Kier molecular flexibility index (Phi) is 5.51. The third-order valence-electron chi connectivity index (χ3n) is 5.11. The van der Waals surface area contributed by atoms with E-state index in [1.807, 2.05) is 60.7 Å². The van der Waals surface area contributed by atoms with Gasteiger partial charge in [-0.3, -0.25) is 10.3 Å². The first-order valence-electron chi connectivity index (χ1n) is 9.64. The molecule has 0 bridgehead atoms. The van der Waals surface area contributed by atoms with E-state index in [-0.39, 0.29) is 5.78 Å². The Morgan fingerprint density at radius 2 is 1.18 bits per heavy atom. The number of hydrogen-bond acceptors (Lipinski definition) is 3. The Morgan fingerprint density at radius 3 is 1.61 bits per heavy atom. The van der Waals surface area contributed by atoms with Crippen LogP contribution >= 0.6 is 0 Å². The minimum Gasteiger partial charge on any atom is -0.305 e. The summed E-state index contributed by atoms with van der Waals surface area (Å²) < 4.78 is 6.60. The number of rotatable bonds is 6. The van der Waals surface area contributed by atoms with Crippen LogP contribution in [-0.2, 0) is 9.32 Å². The Morgan fingerprint density at radius 1 is 0.714 bits per heavy atom. The maximum Gasteiger partial charge on any atom is 0.321 e. The zero-order chi connectivity index (χ0) is 19.2. The fourth-order valence-electron chi connectivity index (χ4n) is 3.68. The van der Waals surface area contributed by atoms with Crippen molar-refractivity contribution in [2.45, 2.75) is 19.3 Å². The molecule has 0 unspecified atom stereocenters. The standard InChI is InChI=1S/C24H23NO2Si/c26-24-19-11-10-18-23(24)25-27-28(20-12-4-1-5-13-20,21-14-6-2-7-15-21)22-16-8-3-9-17-22/h1-9,12-18,25H,10-11,19H2. The van der Waals surface area contributed by atoms with Crippen molar-refractivity contribution < 1.29 is 9.32 Å². The van der Waals surface area contributed by atoms with E-state index in [1.54, 1.807) is 0 Å². The van der Waals surface area contributed by atoms with E-state index in [0.717, 1.165) is 28.4 Å². The van der Waals surface area contributed by atoms with Gasteiger partial charge in [0.15, 0.2) is 5.78 Å². The molecule has 3 nitrogen and oxygen atoms in total. The van der Waals surface area contributed by atoms with Crippen LogP contribution < -0.4 is 21.0 Å². The summed E-state index contributed by atoms with van der Waals surface area (Å²) in [7, 11) is -2.84. The summed E-state index contributed by atoms with van der Waals surface area (Å²) in [6.45, 7) is 0. The smallest absolute Gasteiger partial charge is 0.305 e. The second-order valence-electron chi connectivity index (χ2n) is 6.92. The minimum absolute atomic E-state index is 0.114. The second-order valence-corrected chi connectivity index (χ2v) is 10.2. The topological polar surface area (TPSA) is 38.3 Å². The molecule has 0 fully saturated rings. The van der Waals surface area contributed by atoms with Gasteiger partial charge in [0, 0.05) is 6.42 Å². The number of nitrogens with one attached hydrogen (secondary N) is 1. The number of ketones is 1. The molecule has 1 aliphatic rings. The van der Waals surface area contributed by atoms with Crippen molar-refractivity contribution >= 4 is 29.7 Å². The van der Waals surface area contributed by atoms with Crippen LogP contribution in [0.3, 0.4) is 0 Å². The molecule has 0 radical (unpaired) electrons. The van der Waals surface area contributed by atoms with E-state index < -0.39 is 8.32 Å². The first-order valence-corrected chi connectivity index (χ1v) is 11.6. The van der Waals surface area contributed by atoms with Crippen molar-refractivity contribution in [1.82, 2.24) is 5.48 Å². The normalized spacial score (nSPS) is 14.4. The predicted octanol–water partition coefficient (Wildman–Crippen LogP) is 2.81. The fraction of sp³-hybridized carbons (Fsp3) is 0.125. The molecule has 0 amide bonds. The van der Waals surface area contributed by atoms with Crippen molar-refractivity contribution in [2.75, 3.05) is 0 Å². The van der Waals surface area contributed by atoms with E-state index >= 15 is 0 Å². The van der Waals surface area contributed by atoms with Crippen molar-refractivity contribution in [3.05, 3.63) is 103 Å². The molecule has 140 valence electrons. The highest BCUT2D eigenvalue weighted by atomic mass is 28.4. The van der Waals surface area contributed by atoms with E-state index in [1.165, 1.54) is 0 Å². The molecule has 0 saturated heterocycles. The van der Waals surface area contributed by atoms with Crippen LogP contribution in [0.5, 0.6) is 0 Å². The quantitative estimate of drug-likeness (QED) is 0.403. The highest BCUT2D eigenvalue weighted by Gasteiger charge is 2.43. The van der Waals surface area contributed by atoms with E-state index in [2.05, 4.69) is 41.9 Å². The average molecular weight is 386 g/mol. The molecule has 0 atom stereocenters. The Hall–Kier alpha value is -2.95. The van der Waals surface area contributed by atoms with Crippen molar-refractivity contribution in [3.8, 4) is 0 Å². The molecular weight excluding hydrogens is 362 g/mol. The number of Topliss-reactive ketones (excluding diaryl/α,β-unsaturated/α-hetero) is 1. The van der Waals surface area contributed by atoms with Crippen LogP contribution in [0.1, 0.15) is 19.3 Å². The van der Waals surface area contributed by atoms with Gasteiger partial charge >= 0.3 is 8.32 Å². The third kappa shape index (κ3) is 3.57. The molecule has 1 N–H and O–H groups in total. The molecular formula is C24H23NO2Si. The van der Waals surface area contributed by atoms with Gasteiger partial charge in [-0.15, -0.1) is 0 Å². The number of allylic oxidation sites excluding steroid dienone is 2. The highest BCUT2D eigenvalue weighted by molar-refractivity contribution is 7.07. The molecule has 1 aliphatic carbocycles. The monoisotopic (exact) mass is 385 g/mol. The van der Waals surface area contributed by atoms with Gasteiger partial charge in [0.2, 0.25) is 0 Å². The SMILES string of the molecule is O=C1CCCC=C1NO[Si](c1ccccc1)(c1ccccc1)c1ccccc1. The molecule has 0 spiro atoms. The molecule has 28 heavy (non-hydrogen) atoms. The molecule has 0 heterocycles. The van der Waals surface area contributed by atoms with Crippen LogP contribution in [0.4, 0.5) is 0 Å². The van der Waals surface area contributed by atoms with Gasteiger partial charge in [-0.05, 0) is 28.4 Å². The first kappa shape index (κ1) is 18.4. The first-order chi connectivity index (χ1) is 13.8. The number of hydrogen-bond donors (Lipinski definition) is 1. The van der Waals surface area contributed by atoms with Gasteiger partial charge in [0.25, 0.3) is 0 Å². The van der Waals surface area contributed by atoms with Gasteiger partial charge in [0.1, 0.15) is 0 Å². The summed E-state index contributed by atoms with van der Waals surface area (Å²) in [6.07, 6.45) is 4.32. The lowest BCUT2D eigenvalue weighted by molar-refractivity contribution is -0.117. The Labute approximate surface area is 166 Å². The fourth-order valence-corrected chi connectivity index (χ4v) is 7.29. The van der Waals surface area contributed by atoms with Crippen LogP contribution in [0.2, 0.25) is 0 Å². The molecule has 4 rings (SSSR count). The summed E-state index contributed by atoms with van der Waals surface area (Å²) in [5, 5.41) is 3.39. The average Bonchev–Trinajstić information content (AvgIpc) is 2.78. The van der Waals surface area contributed by atoms with E-state index in [9.17, 15) is 4.79 Å². The number of benzene rings is 3. The summed E-state index contributed by atoms with van der Waals surface area (Å²) in [6, 6.07) is 31.0. The van der Waals surface area contributed by atoms with Gasteiger partial charge in [-0.25, -0.2) is 0 Å². The lowest BCUT2D eigenvalue weighted by atomic mass is 10.0. The van der Waals surface area contributed by atoms with Gasteiger partial charge < -0.3 is 4.53 Å². The minimum atomic E-state index is -2.84. The van der Waals surface area contributed by atoms with Crippen LogP contribution in [-0.4, -0.2) is 14.1 Å². The largest absolute Gasteiger partial charge is 0.321 e. The molecule has 0 aromatic heterocycles. The van der Waals surface area contributed by atoms with Gasteiger partial charge in [0.05, 0.1) is 5.70 Å². The molecule has 3 aromatic rings. The summed E-state index contributed by atoms with van der Waals surface area (Å²) in [5.74, 6) is 0.114. The Bertz CT molecular complexity index is 859. The lowest BCUT2D eigenvalue weighted by Gasteiger charge is -2.33. The maximum absolute atomic E-state index is 12.3. The van der Waals surface area contributed by atoms with E-state index in [4.69, 9.17) is 4.53 Å². The maximum atomic E-state index is 12.3. The number of hydroxylamine groups is 1. The summed E-state index contributed by atoms with van der Waals surface area (Å²) >= 11 is 0. The molecule has 0 saturated carbocycles. The third-order valence-corrected chi connectivity index (χ3v) is 8.96. The number of carbonyl (C=O) groups is 1. The highest BCUT2D eigenvalue weighted by Crippen LogP contribution is 2.14. The zero-order valence-corrected chi connectivity index (χ0v) is 16.7. The van der Waals surface area contributed by atoms with Gasteiger partial charge in [-0.1, -0.05) is 97.1 Å². The van der Waals surface area contributed by atoms with Gasteiger partial charge in [-0.2, -0.15) is 0 Å². The molecule has 3 aromatic carbocycles. The second kappa shape index (κ2) is 8.38. The lowest BCUT2D eigenvalue weighted by Crippen LogP contribution is -2.71. The van der Waals surface area contributed by atoms with E-state index in [0.29, 0.717) is 12.1 Å². The zero-order valence-electron chi connectivity index (χ0n) is 15.7.